The minimum Gasteiger partial charge on any atom is -0.461 e. The third-order valence-corrected chi connectivity index (χ3v) is 4.11. The van der Waals surface area contributed by atoms with E-state index in [1.54, 1.807) is 59.1 Å². The number of benzene rings is 1. The summed E-state index contributed by atoms with van der Waals surface area (Å²) in [6, 6.07) is 8.80. The standard InChI is InChI=1S/C20H24N2O5/c1-6-26-20(25)16-12(2)15(13(3)21-16)19(24)27-17(18(23)22(4)5)14-10-8-7-9-11-14/h7-11,17,21H,6H2,1-5H3/t17-/m0/s1. The quantitative estimate of drug-likeness (QED) is 0.788. The van der Waals surface area contributed by atoms with Crippen LogP contribution in [0.1, 0.15) is 50.7 Å². The van der Waals surface area contributed by atoms with Gasteiger partial charge in [-0.05, 0) is 26.3 Å². The van der Waals surface area contributed by atoms with Gasteiger partial charge >= 0.3 is 11.9 Å². The Hall–Kier alpha value is -3.09. The van der Waals surface area contributed by atoms with Crippen LogP contribution < -0.4 is 0 Å². The van der Waals surface area contributed by atoms with Gasteiger partial charge in [-0.1, -0.05) is 30.3 Å². The lowest BCUT2D eigenvalue weighted by atomic mass is 10.1. The van der Waals surface area contributed by atoms with Crippen LogP contribution in [0, 0.1) is 13.8 Å². The number of ether oxygens (including phenoxy) is 2. The van der Waals surface area contributed by atoms with Gasteiger partial charge in [0, 0.05) is 25.4 Å². The number of H-pyrrole nitrogens is 1. The molecular weight excluding hydrogens is 348 g/mol. The van der Waals surface area contributed by atoms with Gasteiger partial charge in [0.15, 0.2) is 0 Å². The highest BCUT2D eigenvalue weighted by atomic mass is 16.5. The van der Waals surface area contributed by atoms with E-state index in [9.17, 15) is 14.4 Å². The van der Waals surface area contributed by atoms with Crippen molar-refractivity contribution in [3.05, 3.63) is 58.4 Å². The van der Waals surface area contributed by atoms with Crippen molar-refractivity contribution >= 4 is 17.8 Å². The Kier molecular flexibility index (Phi) is 6.39. The molecule has 0 saturated heterocycles. The largest absolute Gasteiger partial charge is 0.461 e. The Morgan fingerprint density at radius 2 is 1.70 bits per heavy atom. The van der Waals surface area contributed by atoms with E-state index in [1.807, 2.05) is 6.07 Å². The van der Waals surface area contributed by atoms with Gasteiger partial charge in [-0.25, -0.2) is 9.59 Å². The van der Waals surface area contributed by atoms with Gasteiger partial charge in [0.05, 0.1) is 12.2 Å². The summed E-state index contributed by atoms with van der Waals surface area (Å²) in [5.74, 6) is -1.58. The zero-order valence-corrected chi connectivity index (χ0v) is 16.2. The molecule has 1 N–H and O–H groups in total. The normalized spacial score (nSPS) is 11.6. The zero-order valence-electron chi connectivity index (χ0n) is 16.2. The van der Waals surface area contributed by atoms with Crippen LogP contribution in [-0.4, -0.2) is 48.4 Å². The average Bonchev–Trinajstić information content (AvgIpc) is 2.94. The summed E-state index contributed by atoms with van der Waals surface area (Å²) in [5, 5.41) is 0. The van der Waals surface area contributed by atoms with Crippen molar-refractivity contribution < 1.29 is 23.9 Å². The van der Waals surface area contributed by atoms with E-state index >= 15 is 0 Å². The molecule has 1 amide bonds. The molecule has 27 heavy (non-hydrogen) atoms. The molecule has 0 spiro atoms. The van der Waals surface area contributed by atoms with Gasteiger partial charge in [0.2, 0.25) is 6.10 Å². The van der Waals surface area contributed by atoms with Crippen LogP contribution >= 0.6 is 0 Å². The second-order valence-corrected chi connectivity index (χ2v) is 6.27. The smallest absolute Gasteiger partial charge is 0.355 e. The van der Waals surface area contributed by atoms with E-state index in [0.29, 0.717) is 16.8 Å². The van der Waals surface area contributed by atoms with Gasteiger partial charge in [0.25, 0.3) is 5.91 Å². The number of aromatic nitrogens is 1. The highest BCUT2D eigenvalue weighted by Crippen LogP contribution is 2.25. The minimum absolute atomic E-state index is 0.205. The molecule has 1 aromatic carbocycles. The average molecular weight is 372 g/mol. The first-order valence-electron chi connectivity index (χ1n) is 8.61. The summed E-state index contributed by atoms with van der Waals surface area (Å²) in [6.07, 6.45) is -1.08. The summed E-state index contributed by atoms with van der Waals surface area (Å²) < 4.78 is 10.6. The molecule has 1 heterocycles. The number of aromatic amines is 1. The number of nitrogens with zero attached hydrogens (tertiary/aromatic N) is 1. The van der Waals surface area contributed by atoms with E-state index in [0.717, 1.165) is 0 Å². The van der Waals surface area contributed by atoms with Crippen molar-refractivity contribution in [2.75, 3.05) is 20.7 Å². The first-order valence-corrected chi connectivity index (χ1v) is 8.61. The maximum absolute atomic E-state index is 12.8. The highest BCUT2D eigenvalue weighted by molar-refractivity contribution is 5.99. The first kappa shape index (κ1) is 20.2. The van der Waals surface area contributed by atoms with Crippen LogP contribution in [0.2, 0.25) is 0 Å². The lowest BCUT2D eigenvalue weighted by molar-refractivity contribution is -0.138. The summed E-state index contributed by atoms with van der Waals surface area (Å²) in [6.45, 7) is 5.23. The Morgan fingerprint density at radius 1 is 1.07 bits per heavy atom. The molecular formula is C20H24N2O5. The number of carbonyl (C=O) groups excluding carboxylic acids is 3. The Morgan fingerprint density at radius 3 is 2.26 bits per heavy atom. The van der Waals surface area contributed by atoms with Crippen molar-refractivity contribution in [1.29, 1.82) is 0 Å². The van der Waals surface area contributed by atoms with E-state index < -0.39 is 18.0 Å². The molecule has 7 heteroatoms. The third-order valence-electron chi connectivity index (χ3n) is 4.11. The van der Waals surface area contributed by atoms with Crippen molar-refractivity contribution in [2.45, 2.75) is 26.9 Å². The fourth-order valence-corrected chi connectivity index (χ4v) is 2.75. The summed E-state index contributed by atoms with van der Waals surface area (Å²) in [4.78, 5) is 41.6. The number of carbonyl (C=O) groups is 3. The number of likely N-dealkylation sites (N-methyl/N-ethyl adjacent to an activating group) is 1. The second kappa shape index (κ2) is 8.53. The van der Waals surface area contributed by atoms with Crippen molar-refractivity contribution in [3.8, 4) is 0 Å². The fourth-order valence-electron chi connectivity index (χ4n) is 2.75. The van der Waals surface area contributed by atoms with Crippen LogP contribution in [-0.2, 0) is 14.3 Å². The number of nitrogens with one attached hydrogen (secondary N) is 1. The zero-order chi connectivity index (χ0) is 20.1. The Balaban J connectivity index is 2.36. The number of amides is 1. The fraction of sp³-hybridized carbons (Fsp3) is 0.350. The van der Waals surface area contributed by atoms with E-state index in [1.165, 1.54) is 4.90 Å². The molecule has 144 valence electrons. The van der Waals surface area contributed by atoms with E-state index in [2.05, 4.69) is 4.98 Å². The Labute approximate surface area is 158 Å². The number of aryl methyl sites for hydroxylation is 1. The first-order chi connectivity index (χ1) is 12.8. The van der Waals surface area contributed by atoms with Gasteiger partial charge < -0.3 is 19.4 Å². The molecule has 0 fully saturated rings. The molecule has 0 unspecified atom stereocenters. The Bertz CT molecular complexity index is 840. The van der Waals surface area contributed by atoms with Gasteiger partial charge in [0.1, 0.15) is 5.69 Å². The minimum atomic E-state index is -1.08. The third kappa shape index (κ3) is 4.36. The van der Waals surface area contributed by atoms with Crippen LogP contribution in [0.25, 0.3) is 0 Å². The highest BCUT2D eigenvalue weighted by Gasteiger charge is 2.30. The molecule has 0 aliphatic carbocycles. The van der Waals surface area contributed by atoms with Crippen LogP contribution in [0.3, 0.4) is 0 Å². The molecule has 1 atom stereocenters. The molecule has 0 aliphatic heterocycles. The molecule has 0 aliphatic rings. The number of rotatable bonds is 6. The number of hydrogen-bond donors (Lipinski definition) is 1. The molecule has 2 aromatic rings. The van der Waals surface area contributed by atoms with Gasteiger partial charge in [-0.2, -0.15) is 0 Å². The monoisotopic (exact) mass is 372 g/mol. The summed E-state index contributed by atoms with van der Waals surface area (Å²) in [7, 11) is 3.19. The van der Waals surface area contributed by atoms with Crippen LogP contribution in [0.5, 0.6) is 0 Å². The second-order valence-electron chi connectivity index (χ2n) is 6.27. The molecule has 0 bridgehead atoms. The molecule has 1 aromatic heterocycles. The maximum Gasteiger partial charge on any atom is 0.355 e. The van der Waals surface area contributed by atoms with Gasteiger partial charge in [-0.3, -0.25) is 4.79 Å². The topological polar surface area (TPSA) is 88.7 Å². The molecule has 0 radical (unpaired) electrons. The molecule has 0 saturated carbocycles. The number of hydrogen-bond acceptors (Lipinski definition) is 5. The molecule has 7 nitrogen and oxygen atoms in total. The van der Waals surface area contributed by atoms with Crippen LogP contribution in [0.15, 0.2) is 30.3 Å². The van der Waals surface area contributed by atoms with E-state index in [-0.39, 0.29) is 23.8 Å². The lowest BCUT2D eigenvalue weighted by Crippen LogP contribution is -2.31. The van der Waals surface area contributed by atoms with Crippen molar-refractivity contribution in [1.82, 2.24) is 9.88 Å². The summed E-state index contributed by atoms with van der Waals surface area (Å²) in [5.41, 5.74) is 1.91. The van der Waals surface area contributed by atoms with Crippen LogP contribution in [0.4, 0.5) is 0 Å². The SMILES string of the molecule is CCOC(=O)c1[nH]c(C)c(C(=O)O[C@H](C(=O)N(C)C)c2ccccc2)c1C. The molecule has 2 rings (SSSR count). The van der Waals surface area contributed by atoms with Crippen molar-refractivity contribution in [3.63, 3.8) is 0 Å². The summed E-state index contributed by atoms with van der Waals surface area (Å²) >= 11 is 0. The van der Waals surface area contributed by atoms with Crippen molar-refractivity contribution in [2.24, 2.45) is 0 Å². The van der Waals surface area contributed by atoms with E-state index in [4.69, 9.17) is 9.47 Å². The predicted octanol–water partition coefficient (Wildman–Crippen LogP) is 2.79. The lowest BCUT2D eigenvalue weighted by Gasteiger charge is -2.21. The van der Waals surface area contributed by atoms with Gasteiger partial charge in [-0.15, -0.1) is 0 Å². The number of esters is 2. The maximum atomic E-state index is 12.8. The predicted molar refractivity (Wildman–Crippen MR) is 99.5 cm³/mol.